The highest BCUT2D eigenvalue weighted by atomic mass is 19.1. The number of H-pyrrole nitrogens is 1. The monoisotopic (exact) mass is 293 g/mol. The summed E-state index contributed by atoms with van der Waals surface area (Å²) in [5.74, 6) is 0.422. The van der Waals surface area contributed by atoms with Crippen molar-refractivity contribution in [1.29, 1.82) is 0 Å². The maximum atomic E-state index is 14.2. The fraction of sp³-hybridized carbons (Fsp3) is 0.0588. The number of halogens is 1. The van der Waals surface area contributed by atoms with E-state index in [2.05, 4.69) is 15.0 Å². The minimum absolute atomic E-state index is 0.355. The first-order valence-electron chi connectivity index (χ1n) is 6.83. The lowest BCUT2D eigenvalue weighted by Gasteiger charge is -2.04. The SMILES string of the molecule is COc1ccc(-c2ncc3[nH]c4ccccc4c3n2)c(F)c1. The first-order chi connectivity index (χ1) is 10.8. The van der Waals surface area contributed by atoms with Crippen LogP contribution in [0.25, 0.3) is 33.3 Å². The van der Waals surface area contributed by atoms with Crippen LogP contribution >= 0.6 is 0 Å². The Kier molecular flexibility index (Phi) is 2.79. The first-order valence-corrected chi connectivity index (χ1v) is 6.83. The van der Waals surface area contributed by atoms with Crippen molar-refractivity contribution < 1.29 is 9.13 Å². The third kappa shape index (κ3) is 1.90. The van der Waals surface area contributed by atoms with Crippen molar-refractivity contribution in [3.05, 3.63) is 54.5 Å². The molecule has 2 aromatic heterocycles. The van der Waals surface area contributed by atoms with Gasteiger partial charge >= 0.3 is 0 Å². The number of hydrogen-bond acceptors (Lipinski definition) is 3. The number of para-hydroxylation sites is 1. The molecule has 0 aliphatic rings. The highest BCUT2D eigenvalue weighted by Gasteiger charge is 2.12. The molecule has 0 bridgehead atoms. The summed E-state index contributed by atoms with van der Waals surface area (Å²) in [6, 6.07) is 12.5. The van der Waals surface area contributed by atoms with Crippen molar-refractivity contribution in [2.45, 2.75) is 0 Å². The Morgan fingerprint density at radius 1 is 1.09 bits per heavy atom. The number of methoxy groups -OCH3 is 1. The molecule has 4 nitrogen and oxygen atoms in total. The van der Waals surface area contributed by atoms with E-state index in [0.717, 1.165) is 21.9 Å². The fourth-order valence-electron chi connectivity index (χ4n) is 2.56. The summed E-state index contributed by atoms with van der Waals surface area (Å²) in [6.45, 7) is 0. The van der Waals surface area contributed by atoms with Gasteiger partial charge in [-0.15, -0.1) is 0 Å². The molecular weight excluding hydrogens is 281 g/mol. The molecule has 0 atom stereocenters. The Bertz CT molecular complexity index is 994. The largest absolute Gasteiger partial charge is 0.497 e. The first kappa shape index (κ1) is 12.8. The zero-order valence-electron chi connectivity index (χ0n) is 11.8. The minimum atomic E-state index is -0.404. The molecule has 4 rings (SSSR count). The Balaban J connectivity index is 1.94. The number of fused-ring (bicyclic) bond motifs is 3. The molecule has 0 fully saturated rings. The van der Waals surface area contributed by atoms with Crippen LogP contribution in [0.3, 0.4) is 0 Å². The van der Waals surface area contributed by atoms with Gasteiger partial charge in [-0.25, -0.2) is 14.4 Å². The Labute approximate surface area is 125 Å². The maximum Gasteiger partial charge on any atom is 0.162 e. The molecule has 22 heavy (non-hydrogen) atoms. The summed E-state index contributed by atoms with van der Waals surface area (Å²) in [5.41, 5.74) is 2.96. The minimum Gasteiger partial charge on any atom is -0.497 e. The maximum absolute atomic E-state index is 14.2. The summed E-state index contributed by atoms with van der Waals surface area (Å²) in [6.07, 6.45) is 1.68. The van der Waals surface area contributed by atoms with Crippen LogP contribution in [0.15, 0.2) is 48.7 Å². The quantitative estimate of drug-likeness (QED) is 0.609. The van der Waals surface area contributed by atoms with Crippen LogP contribution in [-0.4, -0.2) is 22.1 Å². The van der Waals surface area contributed by atoms with Crippen molar-refractivity contribution in [2.75, 3.05) is 7.11 Å². The molecule has 0 aliphatic carbocycles. The molecule has 0 saturated heterocycles. The van der Waals surface area contributed by atoms with Crippen molar-refractivity contribution >= 4 is 21.9 Å². The van der Waals surface area contributed by atoms with Gasteiger partial charge in [0, 0.05) is 17.0 Å². The Morgan fingerprint density at radius 2 is 1.95 bits per heavy atom. The number of rotatable bonds is 2. The predicted molar refractivity (Wildman–Crippen MR) is 83.3 cm³/mol. The standard InChI is InChI=1S/C17H12FN3O/c1-22-10-6-7-11(13(18)8-10)17-19-9-15-16(21-17)12-4-2-3-5-14(12)20-15/h2-9,20H,1H3. The van der Waals surface area contributed by atoms with E-state index in [0.29, 0.717) is 17.1 Å². The van der Waals surface area contributed by atoms with Crippen LogP contribution in [0.2, 0.25) is 0 Å². The third-order valence-corrected chi connectivity index (χ3v) is 3.66. The average Bonchev–Trinajstić information content (AvgIpc) is 2.92. The summed E-state index contributed by atoms with van der Waals surface area (Å²) in [7, 11) is 1.50. The van der Waals surface area contributed by atoms with Gasteiger partial charge in [0.1, 0.15) is 11.6 Å². The second kappa shape index (κ2) is 4.80. The van der Waals surface area contributed by atoms with Crippen LogP contribution in [0.1, 0.15) is 0 Å². The van der Waals surface area contributed by atoms with Gasteiger partial charge in [-0.1, -0.05) is 18.2 Å². The average molecular weight is 293 g/mol. The van der Waals surface area contributed by atoms with Crippen molar-refractivity contribution in [2.24, 2.45) is 0 Å². The highest BCUT2D eigenvalue weighted by Crippen LogP contribution is 2.27. The number of aromatic nitrogens is 3. The van der Waals surface area contributed by atoms with Gasteiger partial charge < -0.3 is 9.72 Å². The van der Waals surface area contributed by atoms with Crippen molar-refractivity contribution in [3.8, 4) is 17.1 Å². The lowest BCUT2D eigenvalue weighted by Crippen LogP contribution is -1.93. The van der Waals surface area contributed by atoms with Crippen LogP contribution in [0, 0.1) is 5.82 Å². The van der Waals surface area contributed by atoms with E-state index >= 15 is 0 Å². The lowest BCUT2D eigenvalue weighted by molar-refractivity contribution is 0.411. The van der Waals surface area contributed by atoms with Crippen LogP contribution in [-0.2, 0) is 0 Å². The summed E-state index contributed by atoms with van der Waals surface area (Å²) < 4.78 is 19.2. The Hall–Kier alpha value is -2.95. The molecule has 0 radical (unpaired) electrons. The second-order valence-electron chi connectivity index (χ2n) is 4.97. The van der Waals surface area contributed by atoms with Crippen LogP contribution in [0.4, 0.5) is 4.39 Å². The second-order valence-corrected chi connectivity index (χ2v) is 4.97. The Morgan fingerprint density at radius 3 is 2.77 bits per heavy atom. The summed E-state index contributed by atoms with van der Waals surface area (Å²) in [5, 5.41) is 0.995. The summed E-state index contributed by atoms with van der Waals surface area (Å²) in [4.78, 5) is 12.0. The van der Waals surface area contributed by atoms with Gasteiger partial charge in [0.15, 0.2) is 5.82 Å². The number of benzene rings is 2. The molecule has 2 aromatic carbocycles. The molecule has 5 heteroatoms. The number of hydrogen-bond donors (Lipinski definition) is 1. The van der Waals surface area contributed by atoms with E-state index < -0.39 is 5.82 Å². The zero-order chi connectivity index (χ0) is 15.1. The highest BCUT2D eigenvalue weighted by molar-refractivity contribution is 6.04. The molecule has 108 valence electrons. The van der Waals surface area contributed by atoms with Gasteiger partial charge in [0.2, 0.25) is 0 Å². The van der Waals surface area contributed by atoms with E-state index in [4.69, 9.17) is 4.74 Å². The van der Waals surface area contributed by atoms with Crippen LogP contribution < -0.4 is 4.74 Å². The van der Waals surface area contributed by atoms with Gasteiger partial charge in [-0.05, 0) is 18.2 Å². The molecule has 0 amide bonds. The molecule has 0 saturated carbocycles. The molecule has 0 unspecified atom stereocenters. The summed E-state index contributed by atoms with van der Waals surface area (Å²) >= 11 is 0. The smallest absolute Gasteiger partial charge is 0.162 e. The topological polar surface area (TPSA) is 50.8 Å². The van der Waals surface area contributed by atoms with Gasteiger partial charge in [0.05, 0.1) is 29.9 Å². The van der Waals surface area contributed by atoms with Crippen molar-refractivity contribution in [1.82, 2.24) is 15.0 Å². The molecule has 2 heterocycles. The van der Waals surface area contributed by atoms with E-state index in [-0.39, 0.29) is 0 Å². The van der Waals surface area contributed by atoms with Crippen molar-refractivity contribution in [3.63, 3.8) is 0 Å². The number of ether oxygens (including phenoxy) is 1. The zero-order valence-corrected chi connectivity index (χ0v) is 11.8. The third-order valence-electron chi connectivity index (χ3n) is 3.66. The van der Waals surface area contributed by atoms with Gasteiger partial charge in [-0.2, -0.15) is 0 Å². The fourth-order valence-corrected chi connectivity index (χ4v) is 2.56. The molecular formula is C17H12FN3O. The lowest BCUT2D eigenvalue weighted by atomic mass is 10.2. The van der Waals surface area contributed by atoms with E-state index in [1.165, 1.54) is 13.2 Å². The van der Waals surface area contributed by atoms with E-state index in [9.17, 15) is 4.39 Å². The van der Waals surface area contributed by atoms with Gasteiger partial charge in [0.25, 0.3) is 0 Å². The molecule has 0 spiro atoms. The normalized spacial score (nSPS) is 11.2. The molecule has 4 aromatic rings. The number of nitrogens with zero attached hydrogens (tertiary/aromatic N) is 2. The molecule has 1 N–H and O–H groups in total. The van der Waals surface area contributed by atoms with Crippen LogP contribution in [0.5, 0.6) is 5.75 Å². The number of nitrogens with one attached hydrogen (secondary N) is 1. The molecule has 0 aliphatic heterocycles. The number of aromatic amines is 1. The van der Waals surface area contributed by atoms with E-state index in [1.54, 1.807) is 18.3 Å². The van der Waals surface area contributed by atoms with E-state index in [1.807, 2.05) is 24.3 Å². The predicted octanol–water partition coefficient (Wildman–Crippen LogP) is 3.93. The van der Waals surface area contributed by atoms with Gasteiger partial charge in [-0.3, -0.25) is 0 Å².